The van der Waals surface area contributed by atoms with Gasteiger partial charge in [0.05, 0.1) is 0 Å². The molecule has 4 heterocycles. The van der Waals surface area contributed by atoms with E-state index in [2.05, 4.69) is 4.98 Å². The number of furan rings is 1. The van der Waals surface area contributed by atoms with Crippen molar-refractivity contribution in [3.63, 3.8) is 0 Å². The van der Waals surface area contributed by atoms with Gasteiger partial charge in [-0.2, -0.15) is 0 Å². The lowest BCUT2D eigenvalue weighted by molar-refractivity contribution is 0.0856. The second-order valence-corrected chi connectivity index (χ2v) is 5.37. The molecule has 0 aromatic carbocycles. The minimum absolute atomic E-state index is 0.0294. The molecule has 0 N–H and O–H groups in total. The van der Waals surface area contributed by atoms with E-state index in [1.165, 1.54) is 4.90 Å². The fourth-order valence-corrected chi connectivity index (χ4v) is 2.83. The summed E-state index contributed by atoms with van der Waals surface area (Å²) in [5.74, 6) is 2.02. The van der Waals surface area contributed by atoms with Crippen LogP contribution < -0.4 is 10.6 Å². The molecule has 0 amide bonds. The van der Waals surface area contributed by atoms with Gasteiger partial charge in [0.1, 0.15) is 11.6 Å². The van der Waals surface area contributed by atoms with Gasteiger partial charge in [0.15, 0.2) is 0 Å². The molecule has 0 radical (unpaired) electrons. The average Bonchev–Trinajstić information content (AvgIpc) is 3.06. The van der Waals surface area contributed by atoms with E-state index in [0.29, 0.717) is 5.71 Å². The summed E-state index contributed by atoms with van der Waals surface area (Å²) in [6.45, 7) is 1.78. The van der Waals surface area contributed by atoms with E-state index in [-0.39, 0.29) is 13.0 Å². The number of hydrogen-bond donors (Lipinski definition) is 0. The largest absolute Gasteiger partial charge is 0.439 e. The monoisotopic (exact) mass is 283 g/mol. The number of aromatic nitrogens is 1. The molecular weight excluding hydrogens is 263 g/mol. The van der Waals surface area contributed by atoms with Crippen molar-refractivity contribution in [3.8, 4) is 0 Å². The first-order valence-electron chi connectivity index (χ1n) is 8.47. The zero-order chi connectivity index (χ0) is 17.1. The first kappa shape index (κ1) is 9.55. The molecule has 2 aliphatic rings. The van der Waals surface area contributed by atoms with Crippen molar-refractivity contribution in [2.24, 2.45) is 0 Å². The fraction of sp³-hybridized carbons (Fsp3) is 0.267. The fourth-order valence-electron chi connectivity index (χ4n) is 2.83. The molecule has 0 aliphatic carbocycles. The van der Waals surface area contributed by atoms with Gasteiger partial charge >= 0.3 is 6.85 Å². The van der Waals surface area contributed by atoms with Crippen molar-refractivity contribution in [3.05, 3.63) is 41.4 Å². The van der Waals surface area contributed by atoms with Gasteiger partial charge in [0.25, 0.3) is 0 Å². The number of hydrazine groups is 1. The maximum absolute atomic E-state index is 7.64. The van der Waals surface area contributed by atoms with E-state index in [1.807, 2.05) is 48.0 Å². The normalized spacial score (nSPS) is 23.5. The highest BCUT2D eigenvalue weighted by atomic mass is 16.3. The highest BCUT2D eigenvalue weighted by molar-refractivity contribution is 6.70. The molecule has 0 saturated carbocycles. The van der Waals surface area contributed by atoms with E-state index in [4.69, 9.17) is 8.53 Å². The predicted molar refractivity (Wildman–Crippen MR) is 83.9 cm³/mol. The lowest BCUT2D eigenvalue weighted by atomic mass is 9.63. The third-order valence-corrected chi connectivity index (χ3v) is 4.04. The first-order chi connectivity index (χ1) is 11.4. The van der Waals surface area contributed by atoms with Crippen LogP contribution in [0.5, 0.6) is 0 Å². The third kappa shape index (κ3) is 1.75. The third-order valence-electron chi connectivity index (χ3n) is 4.04. The van der Waals surface area contributed by atoms with Gasteiger partial charge in [-0.3, -0.25) is 5.01 Å². The van der Waals surface area contributed by atoms with Crippen molar-refractivity contribution in [2.75, 3.05) is 6.98 Å². The van der Waals surface area contributed by atoms with E-state index < -0.39 is 6.98 Å². The molecule has 2 aromatic heterocycles. The summed E-state index contributed by atoms with van der Waals surface area (Å²) < 4.78 is 28.7. The maximum atomic E-state index is 7.64. The minimum atomic E-state index is -2.16. The summed E-state index contributed by atoms with van der Waals surface area (Å²) in [6.07, 6.45) is 6.81. The Bertz CT molecular complexity index is 938. The highest BCUT2D eigenvalue weighted by Crippen LogP contribution is 2.19. The quantitative estimate of drug-likeness (QED) is 0.724. The smallest absolute Gasteiger partial charge is 0.306 e. The van der Waals surface area contributed by atoms with Gasteiger partial charge < -0.3 is 14.2 Å². The van der Waals surface area contributed by atoms with Crippen molar-refractivity contribution >= 4 is 30.1 Å². The number of hydrogen-bond acceptors (Lipinski definition) is 5. The Balaban J connectivity index is 1.77. The molecule has 2 aliphatic heterocycles. The number of nitrogens with zero attached hydrogens (tertiary/aromatic N) is 4. The number of pyridine rings is 1. The molecule has 5 nitrogen and oxygen atoms in total. The molecule has 0 fully saturated rings. The number of rotatable bonds is 1. The van der Waals surface area contributed by atoms with Crippen LogP contribution in [0.3, 0.4) is 0 Å². The minimum Gasteiger partial charge on any atom is -0.439 e. The Morgan fingerprint density at radius 1 is 1.43 bits per heavy atom. The van der Waals surface area contributed by atoms with Crippen LogP contribution in [-0.4, -0.2) is 39.8 Å². The van der Waals surface area contributed by atoms with Crippen LogP contribution in [-0.2, 0) is 0 Å². The van der Waals surface area contributed by atoms with Crippen molar-refractivity contribution < 1.29 is 8.53 Å². The lowest BCUT2D eigenvalue weighted by Crippen LogP contribution is -2.52. The molecule has 1 atom stereocenters. The Morgan fingerprint density at radius 2 is 2.33 bits per heavy atom. The Hall–Kier alpha value is -2.37. The van der Waals surface area contributed by atoms with E-state index in [1.54, 1.807) is 18.6 Å². The Labute approximate surface area is 127 Å². The summed E-state index contributed by atoms with van der Waals surface area (Å²) in [6, 6.07) is 3.85. The number of fused-ring (bicyclic) bond motifs is 3. The molecule has 21 heavy (non-hydrogen) atoms. The average molecular weight is 283 g/mol. The van der Waals surface area contributed by atoms with Crippen molar-refractivity contribution in [2.45, 2.75) is 19.9 Å². The van der Waals surface area contributed by atoms with Gasteiger partial charge in [0.2, 0.25) is 5.71 Å². The maximum Gasteiger partial charge on any atom is 0.306 e. The second kappa shape index (κ2) is 4.31. The van der Waals surface area contributed by atoms with Crippen molar-refractivity contribution in [1.82, 2.24) is 19.8 Å². The molecule has 2 aromatic rings. The van der Waals surface area contributed by atoms with Gasteiger partial charge in [0, 0.05) is 46.5 Å². The molecule has 106 valence electrons. The van der Waals surface area contributed by atoms with Crippen LogP contribution in [0.15, 0.2) is 35.1 Å². The highest BCUT2D eigenvalue weighted by Gasteiger charge is 2.29. The summed E-state index contributed by atoms with van der Waals surface area (Å²) in [4.78, 5) is 7.66. The van der Waals surface area contributed by atoms with Crippen molar-refractivity contribution in [1.29, 1.82) is 0 Å². The lowest BCUT2D eigenvalue weighted by Gasteiger charge is -2.39. The van der Waals surface area contributed by atoms with Gasteiger partial charge in [-0.15, -0.1) is 0 Å². The molecule has 0 bridgehead atoms. The summed E-state index contributed by atoms with van der Waals surface area (Å²) in [7, 11) is 0. The second-order valence-electron chi connectivity index (χ2n) is 5.37. The summed E-state index contributed by atoms with van der Waals surface area (Å²) in [5.41, 5.74) is 1.41. The first-order valence-corrected chi connectivity index (χ1v) is 6.97. The molecule has 6 heteroatoms. The van der Waals surface area contributed by atoms with E-state index in [9.17, 15) is 0 Å². The zero-order valence-electron chi connectivity index (χ0n) is 14.9. The van der Waals surface area contributed by atoms with Crippen LogP contribution >= 0.6 is 0 Å². The van der Waals surface area contributed by atoms with Gasteiger partial charge in [-0.25, -0.2) is 4.98 Å². The van der Waals surface area contributed by atoms with Crippen LogP contribution in [0.2, 0.25) is 6.82 Å². The van der Waals surface area contributed by atoms with Gasteiger partial charge in [-0.1, -0.05) is 6.82 Å². The molecule has 0 saturated heterocycles. The van der Waals surface area contributed by atoms with Crippen LogP contribution in [0, 0.1) is 0 Å². The van der Waals surface area contributed by atoms with Crippen LogP contribution in [0.25, 0.3) is 23.3 Å². The van der Waals surface area contributed by atoms with E-state index >= 15 is 0 Å². The topological polar surface area (TPSA) is 35.8 Å². The zero-order valence-corrected chi connectivity index (χ0v) is 11.9. The van der Waals surface area contributed by atoms with E-state index in [0.717, 1.165) is 16.0 Å². The standard InChI is InChI=1S/C15H17BN4O/c1-11-18(3)7-8-19(11)20-10-13-12-5-4-6-17-15(12)21-14(13)9-16(20)2/h4-11H,1-3H3/t11-/m0/s1/i3D3. The SMILES string of the molecule is [2H]C([2H])([2H])N1C=CN(N2C=c3c(oc4ncccc34)=CB2C)[C@H]1C. The predicted octanol–water partition coefficient (Wildman–Crippen LogP) is 0.802. The van der Waals surface area contributed by atoms with Crippen LogP contribution in [0.1, 0.15) is 11.0 Å². The van der Waals surface area contributed by atoms with Crippen LogP contribution in [0.4, 0.5) is 0 Å². The Morgan fingerprint density at radius 3 is 3.14 bits per heavy atom. The summed E-state index contributed by atoms with van der Waals surface area (Å²) >= 11 is 0. The molecule has 4 rings (SSSR count). The molecule has 0 spiro atoms. The molecule has 0 unspecified atom stereocenters. The van der Waals surface area contributed by atoms with Gasteiger partial charge in [-0.05, 0) is 25.0 Å². The summed E-state index contributed by atoms with van der Waals surface area (Å²) in [5, 5.41) is 3.83. The molecular formula is C15H17BN4O. The Kier molecular flexibility index (Phi) is 1.96.